The van der Waals surface area contributed by atoms with Crippen LogP contribution in [0.25, 0.3) is 17.1 Å². The summed E-state index contributed by atoms with van der Waals surface area (Å²) in [4.78, 5) is 18.0. The molecule has 8 nitrogen and oxygen atoms in total. The number of hydrogen-bond donors (Lipinski definition) is 2. The highest BCUT2D eigenvalue weighted by Crippen LogP contribution is 2.18. The fourth-order valence-corrected chi connectivity index (χ4v) is 3.25. The van der Waals surface area contributed by atoms with Crippen LogP contribution in [0.5, 0.6) is 0 Å². The molecule has 0 bridgehead atoms. The molecule has 3 aromatic rings. The first kappa shape index (κ1) is 18.4. The predicted octanol–water partition coefficient (Wildman–Crippen LogP) is 0.562. The van der Waals surface area contributed by atoms with E-state index in [0.717, 1.165) is 50.5 Å². The maximum atomic E-state index is 12.2. The van der Waals surface area contributed by atoms with Crippen LogP contribution >= 0.6 is 0 Å². The minimum Gasteiger partial charge on any atom is -0.370 e. The molecule has 1 saturated heterocycles. The Labute approximate surface area is 163 Å². The van der Waals surface area contributed by atoms with Crippen molar-refractivity contribution in [1.82, 2.24) is 20.0 Å². The summed E-state index contributed by atoms with van der Waals surface area (Å²) >= 11 is 0. The van der Waals surface area contributed by atoms with E-state index in [4.69, 9.17) is 9.26 Å². The number of quaternary nitrogens is 1. The smallest absolute Gasteiger partial charge is 0.316 e. The second kappa shape index (κ2) is 8.81. The van der Waals surface area contributed by atoms with Gasteiger partial charge >= 0.3 is 11.8 Å². The van der Waals surface area contributed by atoms with Crippen molar-refractivity contribution in [2.75, 3.05) is 39.4 Å². The summed E-state index contributed by atoms with van der Waals surface area (Å²) < 4.78 is 12.5. The molecule has 28 heavy (non-hydrogen) atoms. The predicted molar refractivity (Wildman–Crippen MR) is 102 cm³/mol. The highest BCUT2D eigenvalue weighted by molar-refractivity contribution is 5.89. The fourth-order valence-electron chi connectivity index (χ4n) is 3.25. The normalized spacial score (nSPS) is 14.9. The van der Waals surface area contributed by atoms with E-state index in [2.05, 4.69) is 15.5 Å². The van der Waals surface area contributed by atoms with Crippen LogP contribution in [-0.4, -0.2) is 60.0 Å². The molecule has 1 aliphatic rings. The number of nitrogens with zero attached hydrogens (tertiary/aromatic N) is 3. The van der Waals surface area contributed by atoms with Crippen LogP contribution in [-0.2, 0) is 4.74 Å². The summed E-state index contributed by atoms with van der Waals surface area (Å²) in [5, 5.41) is 6.78. The molecule has 0 unspecified atom stereocenters. The number of benzene rings is 1. The number of morpholine rings is 1. The molecule has 0 saturated carbocycles. The van der Waals surface area contributed by atoms with E-state index >= 15 is 0 Å². The molecule has 2 N–H and O–H groups in total. The molecule has 8 heteroatoms. The Kier molecular flexibility index (Phi) is 5.79. The fraction of sp³-hybridized carbons (Fsp3) is 0.350. The van der Waals surface area contributed by atoms with Gasteiger partial charge in [0.2, 0.25) is 5.82 Å². The average Bonchev–Trinajstić information content (AvgIpc) is 3.44. The highest BCUT2D eigenvalue weighted by Gasteiger charge is 2.17. The highest BCUT2D eigenvalue weighted by atomic mass is 16.5. The van der Waals surface area contributed by atoms with Crippen LogP contribution in [0, 0.1) is 0 Å². The van der Waals surface area contributed by atoms with Crippen molar-refractivity contribution in [1.29, 1.82) is 0 Å². The van der Waals surface area contributed by atoms with E-state index in [-0.39, 0.29) is 11.8 Å². The largest absolute Gasteiger partial charge is 0.370 e. The Morgan fingerprint density at radius 1 is 1.14 bits per heavy atom. The van der Waals surface area contributed by atoms with E-state index < -0.39 is 0 Å². The van der Waals surface area contributed by atoms with Crippen LogP contribution < -0.4 is 10.2 Å². The van der Waals surface area contributed by atoms with Crippen molar-refractivity contribution in [2.45, 2.75) is 6.42 Å². The summed E-state index contributed by atoms with van der Waals surface area (Å²) in [5.41, 5.74) is 1.84. The van der Waals surface area contributed by atoms with Crippen molar-refractivity contribution in [2.24, 2.45) is 0 Å². The maximum absolute atomic E-state index is 12.2. The lowest BCUT2D eigenvalue weighted by Crippen LogP contribution is -3.14. The lowest BCUT2D eigenvalue weighted by Gasteiger charge is -2.23. The third kappa shape index (κ3) is 4.47. The monoisotopic (exact) mass is 382 g/mol. The van der Waals surface area contributed by atoms with Gasteiger partial charge in [-0.25, -0.2) is 0 Å². The van der Waals surface area contributed by atoms with E-state index in [9.17, 15) is 4.79 Å². The Morgan fingerprint density at radius 3 is 2.64 bits per heavy atom. The molecule has 1 amide bonds. The van der Waals surface area contributed by atoms with E-state index in [1.54, 1.807) is 0 Å². The average molecular weight is 382 g/mol. The van der Waals surface area contributed by atoms with Gasteiger partial charge in [0.25, 0.3) is 0 Å². The number of hydrogen-bond acceptors (Lipinski definition) is 5. The molecule has 1 aliphatic heterocycles. The van der Waals surface area contributed by atoms with Gasteiger partial charge in [-0.05, 0) is 36.4 Å². The van der Waals surface area contributed by atoms with Crippen LogP contribution in [0.1, 0.15) is 17.1 Å². The van der Waals surface area contributed by atoms with Crippen molar-refractivity contribution < 1.29 is 19.0 Å². The first-order chi connectivity index (χ1) is 13.8. The number of carbonyl (C=O) groups is 1. The summed E-state index contributed by atoms with van der Waals surface area (Å²) in [6, 6.07) is 11.7. The molecule has 2 aromatic heterocycles. The molecule has 3 heterocycles. The molecule has 0 atom stereocenters. The van der Waals surface area contributed by atoms with Gasteiger partial charge in [-0.2, -0.15) is 4.98 Å². The van der Waals surface area contributed by atoms with E-state index in [0.29, 0.717) is 12.4 Å². The van der Waals surface area contributed by atoms with Gasteiger partial charge in [-0.3, -0.25) is 4.79 Å². The third-order valence-electron chi connectivity index (χ3n) is 4.84. The zero-order valence-electron chi connectivity index (χ0n) is 15.6. The first-order valence-corrected chi connectivity index (χ1v) is 9.56. The van der Waals surface area contributed by atoms with Crippen LogP contribution in [0.15, 0.2) is 53.3 Å². The zero-order chi connectivity index (χ0) is 19.2. The maximum Gasteiger partial charge on any atom is 0.316 e. The molecular formula is C20H24N5O3+. The van der Waals surface area contributed by atoms with E-state index in [1.165, 1.54) is 4.90 Å². The third-order valence-corrected chi connectivity index (χ3v) is 4.84. The molecule has 1 aromatic carbocycles. The van der Waals surface area contributed by atoms with Gasteiger partial charge in [-0.15, -0.1) is 0 Å². The summed E-state index contributed by atoms with van der Waals surface area (Å²) in [6.07, 6.45) is 4.86. The second-order valence-corrected chi connectivity index (χ2v) is 6.78. The zero-order valence-corrected chi connectivity index (χ0v) is 15.6. The van der Waals surface area contributed by atoms with Gasteiger partial charge in [0.15, 0.2) is 0 Å². The minimum absolute atomic E-state index is 0.0109. The lowest BCUT2D eigenvalue weighted by molar-refractivity contribution is -0.908. The molecule has 146 valence electrons. The Bertz CT molecular complexity index is 883. The number of rotatable bonds is 7. The topological polar surface area (TPSA) is 86.6 Å². The van der Waals surface area contributed by atoms with Crippen molar-refractivity contribution in [3.8, 4) is 17.1 Å². The number of aromatic nitrogens is 3. The standard InChI is InChI=1S/C20H23N5O3/c26-19(21-8-3-9-24-12-14-27-15-13-24)20-22-18(23-28-20)16-4-6-17(7-5-16)25-10-1-2-11-25/h1-2,4-7,10-11H,3,8-9,12-15H2,(H,21,26)/p+1. The SMILES string of the molecule is O=C(NCCC[NH+]1CCOCC1)c1nc(-c2ccc(-n3cccc3)cc2)no1. The molecule has 0 radical (unpaired) electrons. The Balaban J connectivity index is 1.29. The number of nitrogens with one attached hydrogen (secondary N) is 2. The molecule has 0 aliphatic carbocycles. The van der Waals surface area contributed by atoms with Crippen LogP contribution in [0.2, 0.25) is 0 Å². The van der Waals surface area contributed by atoms with Crippen molar-refractivity contribution in [3.63, 3.8) is 0 Å². The quantitative estimate of drug-likeness (QED) is 0.583. The molecule has 1 fully saturated rings. The molecule has 0 spiro atoms. The summed E-state index contributed by atoms with van der Waals surface area (Å²) in [7, 11) is 0. The van der Waals surface area contributed by atoms with Gasteiger partial charge < -0.3 is 24.0 Å². The molecular weight excluding hydrogens is 358 g/mol. The van der Waals surface area contributed by atoms with Crippen LogP contribution in [0.3, 0.4) is 0 Å². The van der Waals surface area contributed by atoms with E-state index in [1.807, 2.05) is 53.4 Å². The second-order valence-electron chi connectivity index (χ2n) is 6.78. The van der Waals surface area contributed by atoms with Gasteiger partial charge in [0.1, 0.15) is 13.1 Å². The Hall–Kier alpha value is -2.97. The molecule has 4 rings (SSSR count). The number of ether oxygens (including phenoxy) is 1. The van der Waals surface area contributed by atoms with Gasteiger partial charge in [-0.1, -0.05) is 5.16 Å². The Morgan fingerprint density at radius 2 is 1.89 bits per heavy atom. The first-order valence-electron chi connectivity index (χ1n) is 9.56. The van der Waals surface area contributed by atoms with Crippen molar-refractivity contribution in [3.05, 3.63) is 54.7 Å². The minimum atomic E-state index is -0.334. The summed E-state index contributed by atoms with van der Waals surface area (Å²) in [5.74, 6) is 0.0601. The van der Waals surface area contributed by atoms with Gasteiger partial charge in [0.05, 0.1) is 19.8 Å². The van der Waals surface area contributed by atoms with Crippen molar-refractivity contribution >= 4 is 5.91 Å². The number of carbonyl (C=O) groups excluding carboxylic acids is 1. The lowest BCUT2D eigenvalue weighted by atomic mass is 10.2. The summed E-state index contributed by atoms with van der Waals surface area (Å²) in [6.45, 7) is 5.31. The van der Waals surface area contributed by atoms with Crippen LogP contribution in [0.4, 0.5) is 0 Å². The van der Waals surface area contributed by atoms with Gasteiger partial charge in [0, 0.05) is 36.6 Å². The number of amides is 1.